The molecular formula is C6H7N3O. The standard InChI is InChI=1S/C6H7N3O/c7-8-5-3-1-2-4-6(5)9-10/h1-4,8H,7H2. The van der Waals surface area contributed by atoms with Crippen LogP contribution in [0.2, 0.25) is 0 Å². The van der Waals surface area contributed by atoms with E-state index < -0.39 is 0 Å². The Morgan fingerprint density at radius 2 is 2.10 bits per heavy atom. The number of nitrogens with two attached hydrogens (primary N) is 1. The smallest absolute Gasteiger partial charge is 0.132 e. The average molecular weight is 137 g/mol. The number of hydrogen-bond donors (Lipinski definition) is 2. The lowest BCUT2D eigenvalue weighted by Crippen LogP contribution is -2.06. The van der Waals surface area contributed by atoms with E-state index in [4.69, 9.17) is 5.84 Å². The van der Waals surface area contributed by atoms with E-state index >= 15 is 0 Å². The van der Waals surface area contributed by atoms with Gasteiger partial charge in [-0.1, -0.05) is 12.1 Å². The van der Waals surface area contributed by atoms with Gasteiger partial charge in [-0.15, -0.1) is 4.91 Å². The summed E-state index contributed by atoms with van der Waals surface area (Å²) in [6.07, 6.45) is 0. The summed E-state index contributed by atoms with van der Waals surface area (Å²) in [6, 6.07) is 6.75. The molecular weight excluding hydrogens is 130 g/mol. The van der Waals surface area contributed by atoms with Gasteiger partial charge in [-0.25, -0.2) is 0 Å². The Balaban J connectivity index is 3.08. The lowest BCUT2D eigenvalue weighted by Gasteiger charge is -1.98. The van der Waals surface area contributed by atoms with Crippen LogP contribution in [0, 0.1) is 4.91 Å². The molecule has 0 unspecified atom stereocenters. The van der Waals surface area contributed by atoms with Gasteiger partial charge in [-0.05, 0) is 17.3 Å². The molecule has 0 fully saturated rings. The molecule has 10 heavy (non-hydrogen) atoms. The van der Waals surface area contributed by atoms with E-state index in [1.54, 1.807) is 24.3 Å². The zero-order valence-electron chi connectivity index (χ0n) is 5.24. The predicted molar refractivity (Wildman–Crippen MR) is 39.7 cm³/mol. The Morgan fingerprint density at radius 1 is 1.40 bits per heavy atom. The first-order chi connectivity index (χ1) is 4.88. The molecule has 0 aliphatic carbocycles. The van der Waals surface area contributed by atoms with Crippen LogP contribution in [0.25, 0.3) is 0 Å². The molecule has 52 valence electrons. The van der Waals surface area contributed by atoms with Crippen LogP contribution in [0.15, 0.2) is 29.4 Å². The molecule has 0 saturated heterocycles. The number of nitrogens with zero attached hydrogens (tertiary/aromatic N) is 1. The molecule has 1 aromatic carbocycles. The molecule has 4 nitrogen and oxygen atoms in total. The van der Waals surface area contributed by atoms with E-state index in [-0.39, 0.29) is 0 Å². The maximum atomic E-state index is 10.0. The number of para-hydroxylation sites is 1. The number of nitrogens with one attached hydrogen (secondary N) is 1. The molecule has 0 radical (unpaired) electrons. The fraction of sp³-hybridized carbons (Fsp3) is 0. The quantitative estimate of drug-likeness (QED) is 0.367. The van der Waals surface area contributed by atoms with E-state index in [1.807, 2.05) is 0 Å². The van der Waals surface area contributed by atoms with Gasteiger partial charge >= 0.3 is 0 Å². The highest BCUT2D eigenvalue weighted by Crippen LogP contribution is 2.21. The van der Waals surface area contributed by atoms with Gasteiger partial charge in [-0.2, -0.15) is 0 Å². The van der Waals surface area contributed by atoms with E-state index in [1.165, 1.54) is 0 Å². The minimum atomic E-state index is 0.324. The van der Waals surface area contributed by atoms with Gasteiger partial charge in [0.15, 0.2) is 0 Å². The molecule has 0 aliphatic heterocycles. The first-order valence-electron chi connectivity index (χ1n) is 2.77. The van der Waals surface area contributed by atoms with Gasteiger partial charge in [0, 0.05) is 0 Å². The van der Waals surface area contributed by atoms with Crippen molar-refractivity contribution in [3.8, 4) is 0 Å². The fourth-order valence-electron chi connectivity index (χ4n) is 0.675. The summed E-state index contributed by atoms with van der Waals surface area (Å²) in [5.41, 5.74) is 3.22. The van der Waals surface area contributed by atoms with Crippen molar-refractivity contribution in [3.05, 3.63) is 29.2 Å². The summed E-state index contributed by atoms with van der Waals surface area (Å²) in [5.74, 6) is 5.08. The molecule has 0 saturated carbocycles. The van der Waals surface area contributed by atoms with Crippen molar-refractivity contribution in [2.45, 2.75) is 0 Å². The van der Waals surface area contributed by atoms with Crippen LogP contribution in [-0.4, -0.2) is 0 Å². The van der Waals surface area contributed by atoms with Gasteiger partial charge in [-0.3, -0.25) is 5.84 Å². The summed E-state index contributed by atoms with van der Waals surface area (Å²) in [7, 11) is 0. The number of nitroso groups, excluding NO2 is 1. The van der Waals surface area contributed by atoms with Crippen LogP contribution in [0.4, 0.5) is 11.4 Å². The number of nitrogen functional groups attached to an aromatic ring is 1. The zero-order chi connectivity index (χ0) is 7.40. The van der Waals surface area contributed by atoms with Crippen molar-refractivity contribution in [2.24, 2.45) is 11.0 Å². The van der Waals surface area contributed by atoms with E-state index in [2.05, 4.69) is 10.6 Å². The normalized spacial score (nSPS) is 8.90. The lowest BCUT2D eigenvalue weighted by molar-refractivity contribution is 1.33. The lowest BCUT2D eigenvalue weighted by atomic mass is 10.3. The van der Waals surface area contributed by atoms with Crippen LogP contribution in [0.3, 0.4) is 0 Å². The Hall–Kier alpha value is -1.42. The van der Waals surface area contributed by atoms with Crippen molar-refractivity contribution < 1.29 is 0 Å². The minimum absolute atomic E-state index is 0.324. The maximum absolute atomic E-state index is 10.0. The molecule has 0 atom stereocenters. The van der Waals surface area contributed by atoms with Gasteiger partial charge < -0.3 is 5.43 Å². The number of benzene rings is 1. The van der Waals surface area contributed by atoms with Crippen molar-refractivity contribution >= 4 is 11.4 Å². The summed E-state index contributed by atoms with van der Waals surface area (Å²) in [6.45, 7) is 0. The first-order valence-corrected chi connectivity index (χ1v) is 2.77. The number of hydrogen-bond acceptors (Lipinski definition) is 4. The molecule has 0 aliphatic rings. The third-order valence-corrected chi connectivity index (χ3v) is 1.16. The first kappa shape index (κ1) is 6.70. The van der Waals surface area contributed by atoms with Crippen molar-refractivity contribution in [3.63, 3.8) is 0 Å². The summed E-state index contributed by atoms with van der Waals surface area (Å²) in [4.78, 5) is 10.0. The summed E-state index contributed by atoms with van der Waals surface area (Å²) < 4.78 is 0. The van der Waals surface area contributed by atoms with Crippen molar-refractivity contribution in [1.82, 2.24) is 0 Å². The minimum Gasteiger partial charge on any atom is -0.322 e. The Labute approximate surface area is 58.0 Å². The maximum Gasteiger partial charge on any atom is 0.132 e. The van der Waals surface area contributed by atoms with Crippen LogP contribution >= 0.6 is 0 Å². The highest BCUT2D eigenvalue weighted by Gasteiger charge is 1.96. The second-order valence-corrected chi connectivity index (χ2v) is 1.75. The molecule has 0 bridgehead atoms. The molecule has 1 rings (SSSR count). The fourth-order valence-corrected chi connectivity index (χ4v) is 0.675. The van der Waals surface area contributed by atoms with E-state index in [0.717, 1.165) is 0 Å². The molecule has 0 aromatic heterocycles. The third kappa shape index (κ3) is 1.11. The average Bonchev–Trinajstić information content (AvgIpc) is 2.04. The van der Waals surface area contributed by atoms with Crippen molar-refractivity contribution in [1.29, 1.82) is 0 Å². The van der Waals surface area contributed by atoms with Crippen LogP contribution < -0.4 is 11.3 Å². The Morgan fingerprint density at radius 3 is 2.60 bits per heavy atom. The highest BCUT2D eigenvalue weighted by atomic mass is 16.3. The number of rotatable bonds is 2. The van der Waals surface area contributed by atoms with Crippen LogP contribution in [-0.2, 0) is 0 Å². The number of hydrazine groups is 1. The molecule has 0 heterocycles. The molecule has 0 amide bonds. The monoisotopic (exact) mass is 137 g/mol. The SMILES string of the molecule is NNc1ccccc1N=O. The topological polar surface area (TPSA) is 67.5 Å². The second kappa shape index (κ2) is 2.93. The predicted octanol–water partition coefficient (Wildman–Crippen LogP) is 1.37. The van der Waals surface area contributed by atoms with Gasteiger partial charge in [0.05, 0.1) is 5.69 Å². The zero-order valence-corrected chi connectivity index (χ0v) is 5.24. The van der Waals surface area contributed by atoms with E-state index in [9.17, 15) is 4.91 Å². The highest BCUT2D eigenvalue weighted by molar-refractivity contribution is 5.64. The second-order valence-electron chi connectivity index (χ2n) is 1.75. The molecule has 4 heteroatoms. The van der Waals surface area contributed by atoms with Crippen molar-refractivity contribution in [2.75, 3.05) is 5.43 Å². The molecule has 1 aromatic rings. The van der Waals surface area contributed by atoms with Gasteiger partial charge in [0.25, 0.3) is 0 Å². The summed E-state index contributed by atoms with van der Waals surface area (Å²) >= 11 is 0. The van der Waals surface area contributed by atoms with Crippen LogP contribution in [0.5, 0.6) is 0 Å². The van der Waals surface area contributed by atoms with Crippen LogP contribution in [0.1, 0.15) is 0 Å². The molecule has 3 N–H and O–H groups in total. The Bertz CT molecular complexity index is 236. The van der Waals surface area contributed by atoms with E-state index in [0.29, 0.717) is 11.4 Å². The number of anilines is 1. The van der Waals surface area contributed by atoms with Gasteiger partial charge in [0.1, 0.15) is 5.69 Å². The Kier molecular flexibility index (Phi) is 1.96. The largest absolute Gasteiger partial charge is 0.322 e. The molecule has 0 spiro atoms. The summed E-state index contributed by atoms with van der Waals surface area (Å²) in [5, 5.41) is 2.75. The van der Waals surface area contributed by atoms with Gasteiger partial charge in [0.2, 0.25) is 0 Å². The third-order valence-electron chi connectivity index (χ3n) is 1.16.